The highest BCUT2D eigenvalue weighted by Gasteiger charge is 2.24. The molecule has 0 atom stereocenters. The average Bonchev–Trinajstić information content (AvgIpc) is 2.65. The molecule has 0 spiro atoms. The summed E-state index contributed by atoms with van der Waals surface area (Å²) in [6.45, 7) is 2.91. The summed E-state index contributed by atoms with van der Waals surface area (Å²) in [5, 5.41) is 0. The zero-order chi connectivity index (χ0) is 17.9. The number of hydrogen-bond acceptors (Lipinski definition) is 3. The molecule has 1 aliphatic rings. The Bertz CT molecular complexity index is 878. The third kappa shape index (κ3) is 3.75. The number of nitrogens with zero attached hydrogens (tertiary/aromatic N) is 1. The van der Waals surface area contributed by atoms with Crippen LogP contribution in [0.15, 0.2) is 53.4 Å². The maximum Gasteiger partial charge on any atom is 0.258 e. The van der Waals surface area contributed by atoms with E-state index in [2.05, 4.69) is 4.72 Å². The molecule has 2 aromatic carbocycles. The molecule has 0 bridgehead atoms. The number of carbonyl (C=O) groups is 1. The minimum atomic E-state index is -3.59. The molecule has 25 heavy (non-hydrogen) atoms. The second-order valence-electron chi connectivity index (χ2n) is 6.11. The largest absolute Gasteiger partial charge is 0.308 e. The summed E-state index contributed by atoms with van der Waals surface area (Å²) >= 11 is 0. The third-order valence-corrected chi connectivity index (χ3v) is 5.75. The highest BCUT2D eigenvalue weighted by atomic mass is 32.2. The van der Waals surface area contributed by atoms with E-state index in [0.29, 0.717) is 25.1 Å². The van der Waals surface area contributed by atoms with Gasteiger partial charge in [-0.25, -0.2) is 13.1 Å². The number of benzene rings is 2. The molecule has 1 amide bonds. The number of sulfonamides is 1. The fourth-order valence-electron chi connectivity index (χ4n) is 3.02. The summed E-state index contributed by atoms with van der Waals surface area (Å²) in [6, 6.07) is 14.1. The lowest BCUT2D eigenvalue weighted by molar-refractivity contribution is 0.0985. The van der Waals surface area contributed by atoms with Crippen LogP contribution in [0, 0.1) is 0 Å². The Morgan fingerprint density at radius 2 is 1.96 bits per heavy atom. The zero-order valence-electron chi connectivity index (χ0n) is 14.2. The van der Waals surface area contributed by atoms with Crippen molar-refractivity contribution < 1.29 is 13.2 Å². The molecule has 1 aliphatic heterocycles. The molecular weight excluding hydrogens is 336 g/mol. The first-order valence-corrected chi connectivity index (χ1v) is 10.0. The van der Waals surface area contributed by atoms with Crippen molar-refractivity contribution in [2.45, 2.75) is 31.1 Å². The number of nitrogens with one attached hydrogen (secondary N) is 1. The first-order chi connectivity index (χ1) is 12.0. The van der Waals surface area contributed by atoms with Crippen LogP contribution in [0.3, 0.4) is 0 Å². The maximum absolute atomic E-state index is 13.0. The van der Waals surface area contributed by atoms with Crippen LogP contribution in [0.25, 0.3) is 0 Å². The molecule has 1 heterocycles. The molecule has 0 saturated heterocycles. The normalized spacial score (nSPS) is 14.2. The Balaban J connectivity index is 1.91. The van der Waals surface area contributed by atoms with Crippen LogP contribution in [0.1, 0.15) is 35.7 Å². The molecular formula is C19H22N2O3S. The topological polar surface area (TPSA) is 66.5 Å². The predicted molar refractivity (Wildman–Crippen MR) is 98.4 cm³/mol. The second kappa shape index (κ2) is 7.37. The maximum atomic E-state index is 13.0. The number of aryl methyl sites for hydroxylation is 1. The van der Waals surface area contributed by atoms with Crippen molar-refractivity contribution in [3.63, 3.8) is 0 Å². The van der Waals surface area contributed by atoms with Gasteiger partial charge < -0.3 is 4.90 Å². The predicted octanol–water partition coefficient (Wildman–Crippen LogP) is 2.97. The molecule has 2 aromatic rings. The molecule has 0 unspecified atom stereocenters. The van der Waals surface area contributed by atoms with E-state index < -0.39 is 10.0 Å². The molecule has 0 radical (unpaired) electrons. The van der Waals surface area contributed by atoms with E-state index in [4.69, 9.17) is 0 Å². The lowest BCUT2D eigenvalue weighted by Gasteiger charge is -2.29. The van der Waals surface area contributed by atoms with E-state index in [1.54, 1.807) is 17.0 Å². The summed E-state index contributed by atoms with van der Waals surface area (Å²) in [7, 11) is -3.59. The number of carbonyl (C=O) groups excluding carboxylic acids is 1. The number of para-hydroxylation sites is 1. The van der Waals surface area contributed by atoms with Gasteiger partial charge in [-0.1, -0.05) is 31.2 Å². The van der Waals surface area contributed by atoms with Crippen molar-refractivity contribution in [1.29, 1.82) is 0 Å². The van der Waals surface area contributed by atoms with Crippen molar-refractivity contribution in [2.75, 3.05) is 18.0 Å². The van der Waals surface area contributed by atoms with Crippen LogP contribution >= 0.6 is 0 Å². The van der Waals surface area contributed by atoms with Gasteiger partial charge in [0.15, 0.2) is 0 Å². The van der Waals surface area contributed by atoms with Gasteiger partial charge in [0, 0.05) is 24.3 Å². The fourth-order valence-corrected chi connectivity index (χ4v) is 4.20. The highest BCUT2D eigenvalue weighted by Crippen LogP contribution is 2.28. The van der Waals surface area contributed by atoms with Crippen LogP contribution < -0.4 is 9.62 Å². The standard InChI is InChI=1S/C19H22N2O3S/c1-2-12-20-25(23,24)17-10-5-8-16(14-17)19(22)21-13-6-9-15-7-3-4-11-18(15)21/h3-5,7-8,10-11,14,20H,2,6,9,12-13H2,1H3. The number of fused-ring (bicyclic) bond motifs is 1. The Morgan fingerprint density at radius 3 is 2.76 bits per heavy atom. The molecule has 0 saturated carbocycles. The first-order valence-electron chi connectivity index (χ1n) is 8.52. The van der Waals surface area contributed by atoms with Gasteiger partial charge in [-0.3, -0.25) is 4.79 Å². The van der Waals surface area contributed by atoms with Crippen molar-refractivity contribution in [1.82, 2.24) is 4.72 Å². The fraction of sp³-hybridized carbons (Fsp3) is 0.316. The molecule has 6 heteroatoms. The Morgan fingerprint density at radius 1 is 1.16 bits per heavy atom. The molecule has 3 rings (SSSR count). The monoisotopic (exact) mass is 358 g/mol. The third-order valence-electron chi connectivity index (χ3n) is 4.29. The van der Waals surface area contributed by atoms with E-state index in [9.17, 15) is 13.2 Å². The molecule has 1 N–H and O–H groups in total. The van der Waals surface area contributed by atoms with Crippen LogP contribution in [0.2, 0.25) is 0 Å². The van der Waals surface area contributed by atoms with E-state index in [1.807, 2.05) is 31.2 Å². The van der Waals surface area contributed by atoms with Crippen molar-refractivity contribution >= 4 is 21.6 Å². The van der Waals surface area contributed by atoms with Gasteiger partial charge in [-0.15, -0.1) is 0 Å². The van der Waals surface area contributed by atoms with Crippen LogP contribution in [-0.2, 0) is 16.4 Å². The number of rotatable bonds is 5. The quantitative estimate of drug-likeness (QED) is 0.893. The summed E-state index contributed by atoms with van der Waals surface area (Å²) in [4.78, 5) is 14.8. The van der Waals surface area contributed by atoms with Gasteiger partial charge in [0.05, 0.1) is 4.90 Å². The van der Waals surface area contributed by atoms with Gasteiger partial charge >= 0.3 is 0 Å². The number of anilines is 1. The minimum Gasteiger partial charge on any atom is -0.308 e. The average molecular weight is 358 g/mol. The molecule has 5 nitrogen and oxygen atoms in total. The van der Waals surface area contributed by atoms with Crippen molar-refractivity contribution in [3.8, 4) is 0 Å². The van der Waals surface area contributed by atoms with Crippen LogP contribution in [0.4, 0.5) is 5.69 Å². The van der Waals surface area contributed by atoms with Gasteiger partial charge in [0.2, 0.25) is 10.0 Å². The SMILES string of the molecule is CCCNS(=O)(=O)c1cccc(C(=O)N2CCCc3ccccc32)c1. The van der Waals surface area contributed by atoms with E-state index >= 15 is 0 Å². The van der Waals surface area contributed by atoms with Crippen molar-refractivity contribution in [2.24, 2.45) is 0 Å². The lowest BCUT2D eigenvalue weighted by Crippen LogP contribution is -2.35. The molecule has 0 aliphatic carbocycles. The van der Waals surface area contributed by atoms with Gasteiger partial charge in [0.25, 0.3) is 5.91 Å². The Hall–Kier alpha value is -2.18. The summed E-state index contributed by atoms with van der Waals surface area (Å²) in [6.07, 6.45) is 2.57. The van der Waals surface area contributed by atoms with E-state index in [1.165, 1.54) is 12.1 Å². The van der Waals surface area contributed by atoms with E-state index in [0.717, 1.165) is 24.1 Å². The number of amides is 1. The van der Waals surface area contributed by atoms with Gasteiger partial charge in [0.1, 0.15) is 0 Å². The van der Waals surface area contributed by atoms with Crippen LogP contribution in [-0.4, -0.2) is 27.4 Å². The summed E-state index contributed by atoms with van der Waals surface area (Å²) in [5.41, 5.74) is 2.45. The van der Waals surface area contributed by atoms with Crippen LogP contribution in [0.5, 0.6) is 0 Å². The Kier molecular flexibility index (Phi) is 5.20. The highest BCUT2D eigenvalue weighted by molar-refractivity contribution is 7.89. The smallest absolute Gasteiger partial charge is 0.258 e. The molecule has 132 valence electrons. The van der Waals surface area contributed by atoms with E-state index in [-0.39, 0.29) is 10.8 Å². The Labute approximate surface area is 148 Å². The molecule has 0 aromatic heterocycles. The van der Waals surface area contributed by atoms with Crippen molar-refractivity contribution in [3.05, 3.63) is 59.7 Å². The zero-order valence-corrected chi connectivity index (χ0v) is 15.1. The van der Waals surface area contributed by atoms with Gasteiger partial charge in [-0.05, 0) is 49.1 Å². The molecule has 0 fully saturated rings. The summed E-state index contributed by atoms with van der Waals surface area (Å²) in [5.74, 6) is -0.167. The lowest BCUT2D eigenvalue weighted by atomic mass is 10.0. The first kappa shape index (κ1) is 17.6. The summed E-state index contributed by atoms with van der Waals surface area (Å²) < 4.78 is 27.1. The second-order valence-corrected chi connectivity index (χ2v) is 7.88. The number of hydrogen-bond donors (Lipinski definition) is 1. The minimum absolute atomic E-state index is 0.122. The van der Waals surface area contributed by atoms with Gasteiger partial charge in [-0.2, -0.15) is 0 Å².